The first-order chi connectivity index (χ1) is 10.0. The molecule has 0 bridgehead atoms. The van der Waals surface area contributed by atoms with Crippen molar-refractivity contribution >= 4 is 15.7 Å². The van der Waals surface area contributed by atoms with Gasteiger partial charge in [0.05, 0.1) is 0 Å². The lowest BCUT2D eigenvalue weighted by Crippen LogP contribution is -2.14. The van der Waals surface area contributed by atoms with E-state index in [0.29, 0.717) is 11.3 Å². The molecule has 0 aromatic heterocycles. The molecule has 21 heavy (non-hydrogen) atoms. The van der Waals surface area contributed by atoms with Crippen molar-refractivity contribution < 1.29 is 17.9 Å². The van der Waals surface area contributed by atoms with Crippen LogP contribution in [0.4, 0.5) is 10.1 Å². The van der Waals surface area contributed by atoms with Crippen LogP contribution in [0, 0.1) is 17.7 Å². The summed E-state index contributed by atoms with van der Waals surface area (Å²) in [6.07, 6.45) is 0. The first-order valence-corrected chi connectivity index (χ1v) is 7.48. The highest BCUT2D eigenvalue weighted by molar-refractivity contribution is 7.92. The minimum atomic E-state index is -4.00. The molecule has 0 fully saturated rings. The summed E-state index contributed by atoms with van der Waals surface area (Å²) in [6, 6.07) is 11.7. The van der Waals surface area contributed by atoms with Gasteiger partial charge in [-0.15, -0.1) is 0 Å². The summed E-state index contributed by atoms with van der Waals surface area (Å²) in [7, 11) is -4.00. The van der Waals surface area contributed by atoms with Crippen molar-refractivity contribution in [3.05, 3.63) is 59.9 Å². The van der Waals surface area contributed by atoms with Crippen molar-refractivity contribution in [1.82, 2.24) is 0 Å². The zero-order chi connectivity index (χ0) is 15.3. The van der Waals surface area contributed by atoms with Gasteiger partial charge in [-0.05, 0) is 30.3 Å². The van der Waals surface area contributed by atoms with Crippen LogP contribution in [-0.4, -0.2) is 20.1 Å². The molecule has 0 unspecified atom stereocenters. The Hall–Kier alpha value is -2.36. The van der Waals surface area contributed by atoms with Gasteiger partial charge < -0.3 is 5.11 Å². The SMILES string of the molecule is O=S(=O)(Nc1ccccc1)c1ccc(C#CCO)cc1F. The maximum absolute atomic E-state index is 13.9. The van der Waals surface area contributed by atoms with Gasteiger partial charge in [-0.25, -0.2) is 12.8 Å². The second-order valence-electron chi connectivity index (χ2n) is 4.08. The molecule has 4 nitrogen and oxygen atoms in total. The van der Waals surface area contributed by atoms with E-state index in [0.717, 1.165) is 12.1 Å². The molecule has 0 amide bonds. The van der Waals surface area contributed by atoms with Crippen molar-refractivity contribution in [2.75, 3.05) is 11.3 Å². The summed E-state index contributed by atoms with van der Waals surface area (Å²) in [4.78, 5) is -0.457. The smallest absolute Gasteiger partial charge is 0.264 e. The van der Waals surface area contributed by atoms with E-state index in [1.165, 1.54) is 6.07 Å². The minimum absolute atomic E-state index is 0.292. The van der Waals surface area contributed by atoms with Gasteiger partial charge in [0.1, 0.15) is 17.3 Å². The van der Waals surface area contributed by atoms with Crippen LogP contribution in [0.2, 0.25) is 0 Å². The van der Waals surface area contributed by atoms with Crippen LogP contribution in [0.15, 0.2) is 53.4 Å². The third kappa shape index (κ3) is 3.81. The normalized spacial score (nSPS) is 10.6. The van der Waals surface area contributed by atoms with Gasteiger partial charge >= 0.3 is 0 Å². The Morgan fingerprint density at radius 3 is 2.48 bits per heavy atom. The fourth-order valence-corrected chi connectivity index (χ4v) is 2.77. The second kappa shape index (κ2) is 6.39. The van der Waals surface area contributed by atoms with E-state index in [9.17, 15) is 12.8 Å². The number of sulfonamides is 1. The zero-order valence-corrected chi connectivity index (χ0v) is 11.7. The van der Waals surface area contributed by atoms with Crippen molar-refractivity contribution in [2.45, 2.75) is 4.90 Å². The zero-order valence-electron chi connectivity index (χ0n) is 10.9. The Kier molecular flexibility index (Phi) is 4.58. The summed E-state index contributed by atoms with van der Waals surface area (Å²) in [5.41, 5.74) is 0.640. The van der Waals surface area contributed by atoms with Crippen molar-refractivity contribution in [3.8, 4) is 11.8 Å². The predicted molar refractivity (Wildman–Crippen MR) is 77.6 cm³/mol. The number of aliphatic hydroxyl groups excluding tert-OH is 1. The molecule has 0 atom stereocenters. The van der Waals surface area contributed by atoms with Gasteiger partial charge in [0.25, 0.3) is 10.0 Å². The van der Waals surface area contributed by atoms with Gasteiger partial charge in [0.2, 0.25) is 0 Å². The van der Waals surface area contributed by atoms with Gasteiger partial charge in [-0.1, -0.05) is 30.0 Å². The van der Waals surface area contributed by atoms with E-state index in [4.69, 9.17) is 5.11 Å². The lowest BCUT2D eigenvalue weighted by Gasteiger charge is -2.08. The summed E-state index contributed by atoms with van der Waals surface area (Å²) in [5.74, 6) is 3.97. The minimum Gasteiger partial charge on any atom is -0.384 e. The molecule has 0 saturated carbocycles. The summed E-state index contributed by atoms with van der Waals surface area (Å²) >= 11 is 0. The lowest BCUT2D eigenvalue weighted by atomic mass is 10.2. The van der Waals surface area contributed by atoms with Crippen LogP contribution in [0.5, 0.6) is 0 Å². The molecule has 2 aromatic carbocycles. The summed E-state index contributed by atoms with van der Waals surface area (Å²) in [5, 5.41) is 8.57. The van der Waals surface area contributed by atoms with E-state index in [2.05, 4.69) is 16.6 Å². The lowest BCUT2D eigenvalue weighted by molar-refractivity contribution is 0.350. The number of para-hydroxylation sites is 1. The highest BCUT2D eigenvalue weighted by Crippen LogP contribution is 2.19. The number of aliphatic hydroxyl groups is 1. The van der Waals surface area contributed by atoms with Gasteiger partial charge in [-0.3, -0.25) is 4.72 Å². The van der Waals surface area contributed by atoms with Crippen LogP contribution >= 0.6 is 0 Å². The molecule has 108 valence electrons. The Morgan fingerprint density at radius 1 is 1.14 bits per heavy atom. The molecular weight excluding hydrogens is 293 g/mol. The van der Waals surface area contributed by atoms with Crippen LogP contribution in [0.3, 0.4) is 0 Å². The van der Waals surface area contributed by atoms with Gasteiger partial charge in [-0.2, -0.15) is 0 Å². The van der Waals surface area contributed by atoms with Gasteiger partial charge in [0.15, 0.2) is 0 Å². The molecule has 0 radical (unpaired) electrons. The molecule has 2 rings (SSSR count). The van der Waals surface area contributed by atoms with E-state index >= 15 is 0 Å². The number of hydrogen-bond acceptors (Lipinski definition) is 3. The third-order valence-electron chi connectivity index (χ3n) is 2.56. The quantitative estimate of drug-likeness (QED) is 0.852. The third-order valence-corrected chi connectivity index (χ3v) is 3.97. The van der Waals surface area contributed by atoms with E-state index in [1.54, 1.807) is 30.3 Å². The largest absolute Gasteiger partial charge is 0.384 e. The average Bonchev–Trinajstić information content (AvgIpc) is 2.45. The molecule has 2 aromatic rings. The molecule has 0 heterocycles. The van der Waals surface area contributed by atoms with Crippen LogP contribution in [0.25, 0.3) is 0 Å². The maximum Gasteiger partial charge on any atom is 0.264 e. The molecule has 6 heteroatoms. The molecule has 0 saturated heterocycles. The van der Waals surface area contributed by atoms with Crippen molar-refractivity contribution in [1.29, 1.82) is 0 Å². The fraction of sp³-hybridized carbons (Fsp3) is 0.0667. The highest BCUT2D eigenvalue weighted by Gasteiger charge is 2.19. The second-order valence-corrected chi connectivity index (χ2v) is 5.73. The fourth-order valence-electron chi connectivity index (χ4n) is 1.65. The molecule has 0 spiro atoms. The predicted octanol–water partition coefficient (Wildman–Crippen LogP) is 1.97. The van der Waals surface area contributed by atoms with Crippen molar-refractivity contribution in [3.63, 3.8) is 0 Å². The van der Waals surface area contributed by atoms with Crippen molar-refractivity contribution in [2.24, 2.45) is 0 Å². The van der Waals surface area contributed by atoms with Gasteiger partial charge in [0, 0.05) is 11.3 Å². The number of nitrogens with one attached hydrogen (secondary N) is 1. The monoisotopic (exact) mass is 305 g/mol. The Morgan fingerprint density at radius 2 is 1.86 bits per heavy atom. The molecule has 2 N–H and O–H groups in total. The van der Waals surface area contributed by atoms with Crippen LogP contribution in [-0.2, 0) is 10.0 Å². The molecule has 0 aliphatic heterocycles. The van der Waals surface area contributed by atoms with Crippen LogP contribution < -0.4 is 4.72 Å². The summed E-state index contributed by atoms with van der Waals surface area (Å²) in [6.45, 7) is -0.350. The Labute approximate surface area is 122 Å². The van der Waals surface area contributed by atoms with E-state index < -0.39 is 20.7 Å². The maximum atomic E-state index is 13.9. The number of anilines is 1. The Bertz CT molecular complexity index is 793. The number of rotatable bonds is 3. The van der Waals surface area contributed by atoms with E-state index in [-0.39, 0.29) is 6.61 Å². The number of halogens is 1. The van der Waals surface area contributed by atoms with E-state index in [1.807, 2.05) is 0 Å². The highest BCUT2D eigenvalue weighted by atomic mass is 32.2. The molecule has 0 aliphatic carbocycles. The number of benzene rings is 2. The first kappa shape index (κ1) is 15.0. The number of hydrogen-bond donors (Lipinski definition) is 2. The topological polar surface area (TPSA) is 66.4 Å². The summed E-state index contributed by atoms with van der Waals surface area (Å²) < 4.78 is 40.5. The standard InChI is InChI=1S/C15H12FNO3S/c16-14-11-12(5-4-10-18)8-9-15(14)21(19,20)17-13-6-2-1-3-7-13/h1-3,6-9,11,17-18H,10H2. The first-order valence-electron chi connectivity index (χ1n) is 6.00. The molecule has 0 aliphatic rings. The molecular formula is C15H12FNO3S. The average molecular weight is 305 g/mol. The van der Waals surface area contributed by atoms with Crippen LogP contribution in [0.1, 0.15) is 5.56 Å². The Balaban J connectivity index is 2.32.